The molecule has 0 spiro atoms. The number of halogens is 1. The molecule has 2 fully saturated rings. The lowest BCUT2D eigenvalue weighted by Gasteiger charge is -2.25. The summed E-state index contributed by atoms with van der Waals surface area (Å²) in [4.78, 5) is 12.5. The fraction of sp³-hybridized carbons (Fsp3) is 0.448. The van der Waals surface area contributed by atoms with E-state index < -0.39 is 0 Å². The maximum Gasteiger partial charge on any atom is 0.165 e. The lowest BCUT2D eigenvalue weighted by molar-refractivity contribution is 0.416. The molecule has 0 amide bonds. The second-order valence-corrected chi connectivity index (χ2v) is 10.9. The van der Waals surface area contributed by atoms with Crippen LogP contribution in [0.15, 0.2) is 36.7 Å². The molecule has 6 nitrogen and oxygen atoms in total. The second-order valence-electron chi connectivity index (χ2n) is 10.5. The van der Waals surface area contributed by atoms with Crippen molar-refractivity contribution in [2.75, 3.05) is 25.1 Å². The molecule has 2 aliphatic carbocycles. The number of aromatic nitrogens is 4. The number of imidazole rings is 1. The molecule has 0 saturated heterocycles. The van der Waals surface area contributed by atoms with E-state index in [4.69, 9.17) is 26.3 Å². The molecule has 6 rings (SSSR count). The van der Waals surface area contributed by atoms with Crippen molar-refractivity contribution < 1.29 is 4.74 Å². The molecule has 0 bridgehead atoms. The van der Waals surface area contributed by atoms with Crippen LogP contribution in [0.1, 0.15) is 49.7 Å². The first-order valence-corrected chi connectivity index (χ1v) is 13.5. The predicted molar refractivity (Wildman–Crippen MR) is 146 cm³/mol. The Morgan fingerprint density at radius 3 is 2.31 bits per heavy atom. The number of anilines is 1. The fourth-order valence-electron chi connectivity index (χ4n) is 5.36. The van der Waals surface area contributed by atoms with Crippen LogP contribution in [0.2, 0.25) is 5.02 Å². The van der Waals surface area contributed by atoms with Crippen molar-refractivity contribution >= 4 is 23.1 Å². The van der Waals surface area contributed by atoms with Crippen molar-refractivity contribution in [1.29, 1.82) is 0 Å². The summed E-state index contributed by atoms with van der Waals surface area (Å²) < 4.78 is 10.3. The number of rotatable bonds is 9. The van der Waals surface area contributed by atoms with Crippen LogP contribution in [0.25, 0.3) is 22.6 Å². The Hall–Kier alpha value is -2.99. The van der Waals surface area contributed by atoms with Gasteiger partial charge in [0.15, 0.2) is 5.65 Å². The molecule has 36 heavy (non-hydrogen) atoms. The van der Waals surface area contributed by atoms with Crippen LogP contribution in [-0.4, -0.2) is 39.1 Å². The maximum absolute atomic E-state index is 6.90. The minimum Gasteiger partial charge on any atom is -0.496 e. The van der Waals surface area contributed by atoms with Crippen molar-refractivity contribution in [3.63, 3.8) is 0 Å². The fourth-order valence-corrected chi connectivity index (χ4v) is 5.61. The van der Waals surface area contributed by atoms with Crippen LogP contribution in [0.4, 0.5) is 5.82 Å². The van der Waals surface area contributed by atoms with E-state index in [9.17, 15) is 0 Å². The molecule has 7 heteroatoms. The SMILES string of the molecule is CCc1nc2c(-c3cc(Cl)c(-n4c(C)ccc4C)cc3OC)nccn2c1N(CC1CC1)CC1CC1. The van der Waals surface area contributed by atoms with Gasteiger partial charge in [-0.05, 0) is 76.0 Å². The van der Waals surface area contributed by atoms with E-state index in [1.807, 2.05) is 18.3 Å². The summed E-state index contributed by atoms with van der Waals surface area (Å²) in [5.74, 6) is 3.59. The summed E-state index contributed by atoms with van der Waals surface area (Å²) in [5.41, 5.74) is 6.80. The van der Waals surface area contributed by atoms with E-state index in [2.05, 4.69) is 53.0 Å². The minimum atomic E-state index is 0.656. The van der Waals surface area contributed by atoms with E-state index in [0.717, 1.165) is 76.8 Å². The number of fused-ring (bicyclic) bond motifs is 1. The lowest BCUT2D eigenvalue weighted by atomic mass is 10.1. The molecule has 2 saturated carbocycles. The van der Waals surface area contributed by atoms with Crippen LogP contribution in [0.5, 0.6) is 5.75 Å². The Morgan fingerprint density at radius 1 is 1.06 bits per heavy atom. The van der Waals surface area contributed by atoms with Crippen molar-refractivity contribution in [2.45, 2.75) is 52.9 Å². The smallest absolute Gasteiger partial charge is 0.165 e. The van der Waals surface area contributed by atoms with Gasteiger partial charge in [-0.1, -0.05) is 18.5 Å². The summed E-state index contributed by atoms with van der Waals surface area (Å²) in [6.45, 7) is 8.60. The summed E-state index contributed by atoms with van der Waals surface area (Å²) in [7, 11) is 1.70. The van der Waals surface area contributed by atoms with Crippen LogP contribution in [0.3, 0.4) is 0 Å². The average Bonchev–Trinajstić information content (AvgIpc) is 3.80. The summed E-state index contributed by atoms with van der Waals surface area (Å²) in [6, 6.07) is 8.19. The Morgan fingerprint density at radius 2 is 1.72 bits per heavy atom. The number of hydrogen-bond donors (Lipinski definition) is 0. The number of benzene rings is 1. The van der Waals surface area contributed by atoms with Gasteiger partial charge in [0.25, 0.3) is 0 Å². The molecule has 0 radical (unpaired) electrons. The topological polar surface area (TPSA) is 47.6 Å². The van der Waals surface area contributed by atoms with Crippen molar-refractivity contribution in [3.8, 4) is 22.7 Å². The summed E-state index contributed by atoms with van der Waals surface area (Å²) >= 11 is 6.90. The molecule has 188 valence electrons. The zero-order chi connectivity index (χ0) is 25.0. The van der Waals surface area contributed by atoms with Crippen molar-refractivity contribution in [2.24, 2.45) is 11.8 Å². The third-order valence-corrected chi connectivity index (χ3v) is 7.91. The van der Waals surface area contributed by atoms with Gasteiger partial charge in [0, 0.05) is 48.5 Å². The van der Waals surface area contributed by atoms with Crippen LogP contribution < -0.4 is 9.64 Å². The largest absolute Gasteiger partial charge is 0.496 e. The van der Waals surface area contributed by atoms with E-state index in [1.54, 1.807) is 7.11 Å². The Bertz CT molecular complexity index is 1400. The van der Waals surface area contributed by atoms with Gasteiger partial charge in [-0.15, -0.1) is 0 Å². The third-order valence-electron chi connectivity index (χ3n) is 7.61. The van der Waals surface area contributed by atoms with Crippen LogP contribution >= 0.6 is 11.6 Å². The van der Waals surface area contributed by atoms with Crippen LogP contribution in [0, 0.1) is 25.7 Å². The highest BCUT2D eigenvalue weighted by Gasteiger charge is 2.32. The second kappa shape index (κ2) is 9.15. The standard InChI is InChI=1S/C29H34ClN5O/c1-5-24-29(33(16-20-8-9-20)17-21-10-11-21)34-13-12-31-27(28(34)32-24)22-14-23(30)25(15-26(22)36-4)35-18(2)6-7-19(35)3/h6-7,12-15,20-21H,5,8-11,16-17H2,1-4H3. The molecule has 3 heterocycles. The molecule has 0 N–H and O–H groups in total. The Kier molecular flexibility index (Phi) is 5.95. The molecule has 1 aromatic carbocycles. The van der Waals surface area contributed by atoms with E-state index in [0.29, 0.717) is 5.02 Å². The molecular weight excluding hydrogens is 470 g/mol. The minimum absolute atomic E-state index is 0.656. The van der Waals surface area contributed by atoms with Gasteiger partial charge in [0.05, 0.1) is 23.5 Å². The number of methoxy groups -OCH3 is 1. The highest BCUT2D eigenvalue weighted by Crippen LogP contribution is 2.41. The first kappa shape index (κ1) is 23.4. The van der Waals surface area contributed by atoms with Crippen LogP contribution in [-0.2, 0) is 6.42 Å². The van der Waals surface area contributed by atoms with E-state index in [-0.39, 0.29) is 0 Å². The highest BCUT2D eigenvalue weighted by atomic mass is 35.5. The first-order chi connectivity index (χ1) is 17.5. The molecule has 0 unspecified atom stereocenters. The number of hydrogen-bond acceptors (Lipinski definition) is 4. The molecule has 2 aliphatic rings. The van der Waals surface area contributed by atoms with Crippen molar-refractivity contribution in [1.82, 2.24) is 18.9 Å². The van der Waals surface area contributed by atoms with Gasteiger partial charge >= 0.3 is 0 Å². The Labute approximate surface area is 217 Å². The zero-order valence-corrected chi connectivity index (χ0v) is 22.3. The lowest BCUT2D eigenvalue weighted by Crippen LogP contribution is -2.30. The summed E-state index contributed by atoms with van der Waals surface area (Å²) in [6.07, 6.45) is 10.2. The molecule has 3 aromatic heterocycles. The van der Waals surface area contributed by atoms with Gasteiger partial charge in [0.1, 0.15) is 17.3 Å². The van der Waals surface area contributed by atoms with E-state index in [1.165, 1.54) is 31.5 Å². The normalized spacial score (nSPS) is 15.6. The molecular formula is C29H34ClN5O. The van der Waals surface area contributed by atoms with E-state index >= 15 is 0 Å². The van der Waals surface area contributed by atoms with Gasteiger partial charge < -0.3 is 14.2 Å². The number of aryl methyl sites for hydroxylation is 3. The monoisotopic (exact) mass is 503 g/mol. The van der Waals surface area contributed by atoms with Crippen molar-refractivity contribution in [3.05, 3.63) is 58.8 Å². The number of nitrogens with zero attached hydrogens (tertiary/aromatic N) is 5. The predicted octanol–water partition coefficient (Wildman–Crippen LogP) is 6.65. The highest BCUT2D eigenvalue weighted by molar-refractivity contribution is 6.32. The van der Waals surface area contributed by atoms with Gasteiger partial charge in [-0.25, -0.2) is 4.98 Å². The van der Waals surface area contributed by atoms with Gasteiger partial charge in [-0.3, -0.25) is 9.38 Å². The van der Waals surface area contributed by atoms with Gasteiger partial charge in [-0.2, -0.15) is 0 Å². The quantitative estimate of drug-likeness (QED) is 0.256. The summed E-state index contributed by atoms with van der Waals surface area (Å²) in [5, 5.41) is 0.656. The maximum atomic E-state index is 6.90. The number of ether oxygens (including phenoxy) is 1. The third kappa shape index (κ3) is 4.15. The molecule has 0 atom stereocenters. The average molecular weight is 504 g/mol. The molecule has 4 aromatic rings. The Balaban J connectivity index is 1.49. The first-order valence-electron chi connectivity index (χ1n) is 13.1. The molecule has 0 aliphatic heterocycles. The van der Waals surface area contributed by atoms with Gasteiger partial charge in [0.2, 0.25) is 0 Å². The zero-order valence-electron chi connectivity index (χ0n) is 21.6.